The third-order valence-electron chi connectivity index (χ3n) is 3.67. The second-order valence-electron chi connectivity index (χ2n) is 5.97. The van der Waals surface area contributed by atoms with Crippen LogP contribution < -0.4 is 0 Å². The Morgan fingerprint density at radius 1 is 0.733 bits per heavy atom. The van der Waals surface area contributed by atoms with Crippen molar-refractivity contribution in [3.05, 3.63) is 45.7 Å². The molecule has 0 saturated heterocycles. The molecule has 30 heavy (non-hydrogen) atoms. The van der Waals surface area contributed by atoms with Gasteiger partial charge in [0.25, 0.3) is 0 Å². The average molecular weight is 473 g/mol. The predicted octanol–water partition coefficient (Wildman–Crippen LogP) is 7.47. The zero-order chi connectivity index (χ0) is 22.7. The summed E-state index contributed by atoms with van der Waals surface area (Å²) in [6, 6.07) is 0.105. The van der Waals surface area contributed by atoms with Crippen molar-refractivity contribution in [3.63, 3.8) is 0 Å². The molecule has 6 nitrogen and oxygen atoms in total. The Balaban J connectivity index is 2.08. The van der Waals surface area contributed by atoms with Crippen LogP contribution >= 0.6 is 23.2 Å². The standard InChI is InChI=1S/C16H12Cl2F6N6/c1-7(27-29-13-11(17)3-9(5-25-13)15(19,20)21)8(2)28-30-14-12(18)4-10(6-26-14)16(22,23)24/h3-8H,1-2H3. The highest BCUT2D eigenvalue weighted by Crippen LogP contribution is 2.34. The molecule has 2 aromatic heterocycles. The van der Waals surface area contributed by atoms with Crippen molar-refractivity contribution in [3.8, 4) is 0 Å². The lowest BCUT2D eigenvalue weighted by Crippen LogP contribution is -2.14. The molecule has 0 aliphatic carbocycles. The molecule has 0 amide bonds. The normalized spacial score (nSPS) is 15.1. The Kier molecular flexibility index (Phi) is 7.35. The van der Waals surface area contributed by atoms with Crippen LogP contribution in [-0.4, -0.2) is 22.1 Å². The molecule has 2 rings (SSSR count). The molecule has 0 N–H and O–H groups in total. The first kappa shape index (κ1) is 23.9. The monoisotopic (exact) mass is 472 g/mol. The van der Waals surface area contributed by atoms with Gasteiger partial charge in [-0.3, -0.25) is 0 Å². The van der Waals surface area contributed by atoms with Gasteiger partial charge in [0.15, 0.2) is 11.6 Å². The summed E-state index contributed by atoms with van der Waals surface area (Å²) in [5.41, 5.74) is -2.05. The first-order chi connectivity index (χ1) is 13.8. The van der Waals surface area contributed by atoms with E-state index < -0.39 is 35.6 Å². The number of aromatic nitrogens is 2. The van der Waals surface area contributed by atoms with Crippen molar-refractivity contribution >= 4 is 34.8 Å². The zero-order valence-corrected chi connectivity index (χ0v) is 16.7. The molecule has 2 aromatic rings. The van der Waals surface area contributed by atoms with Crippen LogP contribution in [0, 0.1) is 0 Å². The van der Waals surface area contributed by atoms with E-state index in [2.05, 4.69) is 30.4 Å². The van der Waals surface area contributed by atoms with Crippen molar-refractivity contribution in [1.29, 1.82) is 0 Å². The Morgan fingerprint density at radius 2 is 1.07 bits per heavy atom. The van der Waals surface area contributed by atoms with Crippen LogP contribution in [0.5, 0.6) is 0 Å². The van der Waals surface area contributed by atoms with Crippen LogP contribution in [0.4, 0.5) is 38.0 Å². The Morgan fingerprint density at radius 3 is 1.33 bits per heavy atom. The fourth-order valence-corrected chi connectivity index (χ4v) is 2.21. The van der Waals surface area contributed by atoms with Crippen molar-refractivity contribution in [2.45, 2.75) is 38.3 Å². The molecule has 0 fully saturated rings. The summed E-state index contributed by atoms with van der Waals surface area (Å²) in [7, 11) is 0. The van der Waals surface area contributed by atoms with Crippen molar-refractivity contribution in [2.24, 2.45) is 20.5 Å². The summed E-state index contributed by atoms with van der Waals surface area (Å²) in [4.78, 5) is 7.05. The maximum absolute atomic E-state index is 12.6. The molecule has 0 bridgehead atoms. The topological polar surface area (TPSA) is 75.2 Å². The van der Waals surface area contributed by atoms with Gasteiger partial charge in [-0.25, -0.2) is 9.97 Å². The summed E-state index contributed by atoms with van der Waals surface area (Å²) in [5.74, 6) is -0.429. The van der Waals surface area contributed by atoms with Crippen molar-refractivity contribution in [1.82, 2.24) is 9.97 Å². The fourth-order valence-electron chi connectivity index (χ4n) is 1.80. The van der Waals surface area contributed by atoms with Gasteiger partial charge in [-0.1, -0.05) is 23.2 Å². The number of pyridine rings is 2. The van der Waals surface area contributed by atoms with Crippen LogP contribution in [0.1, 0.15) is 25.0 Å². The van der Waals surface area contributed by atoms with E-state index in [-0.39, 0.29) is 21.7 Å². The van der Waals surface area contributed by atoms with Crippen LogP contribution in [-0.2, 0) is 12.4 Å². The molecule has 0 aromatic carbocycles. The van der Waals surface area contributed by atoms with Gasteiger partial charge in [0.1, 0.15) is 0 Å². The molecule has 14 heteroatoms. The molecule has 0 spiro atoms. The molecule has 0 saturated carbocycles. The average Bonchev–Trinajstić information content (AvgIpc) is 2.63. The largest absolute Gasteiger partial charge is 0.417 e. The Bertz CT molecular complexity index is 883. The van der Waals surface area contributed by atoms with E-state index in [4.69, 9.17) is 23.2 Å². The summed E-state index contributed by atoms with van der Waals surface area (Å²) >= 11 is 11.5. The third-order valence-corrected chi connectivity index (χ3v) is 4.22. The first-order valence-corrected chi connectivity index (χ1v) is 8.82. The highest BCUT2D eigenvalue weighted by atomic mass is 35.5. The highest BCUT2D eigenvalue weighted by molar-refractivity contribution is 6.33. The SMILES string of the molecule is CC(N=Nc1ncc(C(F)(F)F)cc1Cl)C(C)N=Nc1ncc(C(F)(F)F)cc1Cl. The summed E-state index contributed by atoms with van der Waals surface area (Å²) in [6.07, 6.45) is -8.04. The molecule has 0 radical (unpaired) electrons. The van der Waals surface area contributed by atoms with Crippen molar-refractivity contribution < 1.29 is 26.3 Å². The number of alkyl halides is 6. The number of azo groups is 2. The Hall–Kier alpha value is -2.34. The lowest BCUT2D eigenvalue weighted by atomic mass is 10.2. The molecule has 2 atom stereocenters. The minimum Gasteiger partial charge on any atom is -0.234 e. The number of rotatable bonds is 5. The zero-order valence-electron chi connectivity index (χ0n) is 15.2. The summed E-state index contributed by atoms with van der Waals surface area (Å²) in [6.45, 7) is 3.15. The minimum atomic E-state index is -4.60. The van der Waals surface area contributed by atoms with Gasteiger partial charge in [-0.2, -0.15) is 36.6 Å². The van der Waals surface area contributed by atoms with Crippen LogP contribution in [0.3, 0.4) is 0 Å². The molecular formula is C16H12Cl2F6N6. The minimum absolute atomic E-state index is 0.215. The van der Waals surface area contributed by atoms with Gasteiger partial charge in [-0.15, -0.1) is 10.2 Å². The van der Waals surface area contributed by atoms with Gasteiger partial charge < -0.3 is 0 Å². The van der Waals surface area contributed by atoms with Gasteiger partial charge in [0, 0.05) is 12.4 Å². The number of hydrogen-bond acceptors (Lipinski definition) is 6. The van der Waals surface area contributed by atoms with Crippen LogP contribution in [0.15, 0.2) is 45.0 Å². The maximum Gasteiger partial charge on any atom is 0.417 e. The fraction of sp³-hybridized carbons (Fsp3) is 0.375. The highest BCUT2D eigenvalue weighted by Gasteiger charge is 2.32. The summed E-state index contributed by atoms with van der Waals surface area (Å²) in [5, 5.41) is 14.5. The molecule has 2 heterocycles. The Labute approximate surface area is 176 Å². The van der Waals surface area contributed by atoms with E-state index in [1.54, 1.807) is 13.8 Å². The first-order valence-electron chi connectivity index (χ1n) is 8.06. The predicted molar refractivity (Wildman–Crippen MR) is 96.5 cm³/mol. The maximum atomic E-state index is 12.6. The molecule has 162 valence electrons. The van der Waals surface area contributed by atoms with Crippen molar-refractivity contribution in [2.75, 3.05) is 0 Å². The lowest BCUT2D eigenvalue weighted by Gasteiger charge is -2.10. The molecular weight excluding hydrogens is 461 g/mol. The van der Waals surface area contributed by atoms with E-state index >= 15 is 0 Å². The van der Waals surface area contributed by atoms with Crippen LogP contribution in [0.2, 0.25) is 10.0 Å². The number of nitrogens with zero attached hydrogens (tertiary/aromatic N) is 6. The van der Waals surface area contributed by atoms with E-state index in [0.29, 0.717) is 24.5 Å². The van der Waals surface area contributed by atoms with Gasteiger partial charge in [0.2, 0.25) is 0 Å². The quantitative estimate of drug-likeness (QED) is 0.334. The van der Waals surface area contributed by atoms with E-state index in [1.807, 2.05) is 0 Å². The second kappa shape index (κ2) is 9.21. The lowest BCUT2D eigenvalue weighted by molar-refractivity contribution is -0.138. The second-order valence-corrected chi connectivity index (χ2v) is 6.78. The number of hydrogen-bond donors (Lipinski definition) is 0. The number of halogens is 8. The van der Waals surface area contributed by atoms with Gasteiger partial charge in [0.05, 0.1) is 33.3 Å². The smallest absolute Gasteiger partial charge is 0.234 e. The van der Waals surface area contributed by atoms with Crippen LogP contribution in [0.25, 0.3) is 0 Å². The van der Waals surface area contributed by atoms with E-state index in [1.165, 1.54) is 0 Å². The molecule has 0 aliphatic rings. The van der Waals surface area contributed by atoms with Gasteiger partial charge in [-0.05, 0) is 26.0 Å². The summed E-state index contributed by atoms with van der Waals surface area (Å²) < 4.78 is 75.6. The van der Waals surface area contributed by atoms with Gasteiger partial charge >= 0.3 is 12.4 Å². The van der Waals surface area contributed by atoms with E-state index in [9.17, 15) is 26.3 Å². The molecule has 2 unspecified atom stereocenters. The molecule has 0 aliphatic heterocycles. The van der Waals surface area contributed by atoms with E-state index in [0.717, 1.165) is 0 Å². The third kappa shape index (κ3) is 6.33.